The van der Waals surface area contributed by atoms with E-state index >= 15 is 0 Å². The molecule has 1 aromatic carbocycles. The largest absolute Gasteiger partial charge is 0.463 e. The quantitative estimate of drug-likeness (QED) is 0.476. The van der Waals surface area contributed by atoms with Crippen molar-refractivity contribution in [2.75, 3.05) is 11.4 Å². The van der Waals surface area contributed by atoms with Crippen LogP contribution in [0.4, 0.5) is 5.69 Å². The van der Waals surface area contributed by atoms with Crippen molar-refractivity contribution < 1.29 is 9.21 Å². The number of carbonyl (C=O) groups excluding carboxylic acids is 1. The minimum Gasteiger partial charge on any atom is -0.463 e. The third kappa shape index (κ3) is 3.00. The van der Waals surface area contributed by atoms with Crippen LogP contribution >= 0.6 is 0 Å². The molecule has 1 amide bonds. The molecule has 30 heavy (non-hydrogen) atoms. The number of pyridine rings is 1. The predicted molar refractivity (Wildman–Crippen MR) is 117 cm³/mol. The summed E-state index contributed by atoms with van der Waals surface area (Å²) in [5.74, 6) is 0.612. The Labute approximate surface area is 175 Å². The van der Waals surface area contributed by atoms with Gasteiger partial charge in [0.1, 0.15) is 5.69 Å². The smallest absolute Gasteiger partial charge is 0.259 e. The molecule has 0 spiro atoms. The Hall–Kier alpha value is -3.41. The van der Waals surface area contributed by atoms with E-state index in [0.29, 0.717) is 29.2 Å². The van der Waals surface area contributed by atoms with Crippen LogP contribution < -0.4 is 4.90 Å². The van der Waals surface area contributed by atoms with Crippen LogP contribution in [0.15, 0.2) is 53.3 Å². The maximum atomic E-state index is 13.8. The number of amides is 1. The van der Waals surface area contributed by atoms with Crippen molar-refractivity contribution in [3.8, 4) is 11.5 Å². The Morgan fingerprint density at radius 2 is 2.07 bits per heavy atom. The molecule has 6 nitrogen and oxygen atoms in total. The second-order valence-corrected chi connectivity index (χ2v) is 8.15. The van der Waals surface area contributed by atoms with Gasteiger partial charge in [0.2, 0.25) is 0 Å². The van der Waals surface area contributed by atoms with E-state index in [9.17, 15) is 4.79 Å². The van der Waals surface area contributed by atoms with E-state index in [-0.39, 0.29) is 11.9 Å². The van der Waals surface area contributed by atoms with Gasteiger partial charge in [0.15, 0.2) is 11.4 Å². The van der Waals surface area contributed by atoms with Crippen LogP contribution in [0.3, 0.4) is 0 Å². The van der Waals surface area contributed by atoms with Gasteiger partial charge in [-0.15, -0.1) is 0 Å². The fraction of sp³-hybridized carbons (Fsp3) is 0.292. The number of aryl methyl sites for hydroxylation is 2. The fourth-order valence-corrected chi connectivity index (χ4v) is 4.21. The highest BCUT2D eigenvalue weighted by Gasteiger charge is 2.27. The van der Waals surface area contributed by atoms with Crippen molar-refractivity contribution >= 4 is 22.6 Å². The van der Waals surface area contributed by atoms with Crippen LogP contribution in [-0.4, -0.2) is 27.2 Å². The lowest BCUT2D eigenvalue weighted by Crippen LogP contribution is -2.35. The Morgan fingerprint density at radius 3 is 2.83 bits per heavy atom. The van der Waals surface area contributed by atoms with Crippen LogP contribution in [0.2, 0.25) is 0 Å². The van der Waals surface area contributed by atoms with Gasteiger partial charge in [0.05, 0.1) is 23.4 Å². The van der Waals surface area contributed by atoms with E-state index in [0.717, 1.165) is 23.9 Å². The molecule has 0 unspecified atom stereocenters. The molecule has 0 atom stereocenters. The predicted octanol–water partition coefficient (Wildman–Crippen LogP) is 5.17. The Bertz CT molecular complexity index is 1240. The molecular formula is C24H24N4O2. The van der Waals surface area contributed by atoms with Gasteiger partial charge in [0.25, 0.3) is 5.91 Å². The number of benzene rings is 1. The van der Waals surface area contributed by atoms with Crippen molar-refractivity contribution in [1.29, 1.82) is 0 Å². The van der Waals surface area contributed by atoms with E-state index in [1.807, 2.05) is 27.8 Å². The van der Waals surface area contributed by atoms with Crippen LogP contribution in [0.25, 0.3) is 22.5 Å². The zero-order valence-electron chi connectivity index (χ0n) is 17.4. The molecule has 4 aromatic rings. The summed E-state index contributed by atoms with van der Waals surface area (Å²) in [6, 6.07) is 12.0. The fourth-order valence-electron chi connectivity index (χ4n) is 4.21. The number of hydrogen-bond donors (Lipinski definition) is 0. The zero-order chi connectivity index (χ0) is 20.8. The molecule has 0 bridgehead atoms. The number of carbonyl (C=O) groups is 1. The highest BCUT2D eigenvalue weighted by molar-refractivity contribution is 6.14. The summed E-state index contributed by atoms with van der Waals surface area (Å²) in [5.41, 5.74) is 5.38. The SMILES string of the molecule is Cc1ccc2c(c1)CCCN2C(=O)c1cc(-c2ccco2)nc2c1cnn2C(C)C. The average Bonchev–Trinajstić information content (AvgIpc) is 3.41. The average molecular weight is 400 g/mol. The maximum Gasteiger partial charge on any atom is 0.259 e. The Morgan fingerprint density at radius 1 is 1.20 bits per heavy atom. The van der Waals surface area contributed by atoms with Gasteiger partial charge in [-0.05, 0) is 63.4 Å². The molecule has 1 aliphatic rings. The summed E-state index contributed by atoms with van der Waals surface area (Å²) < 4.78 is 7.43. The number of hydrogen-bond acceptors (Lipinski definition) is 4. The molecule has 0 radical (unpaired) electrons. The molecule has 0 saturated heterocycles. The van der Waals surface area contributed by atoms with Crippen LogP contribution in [0.1, 0.15) is 47.8 Å². The van der Waals surface area contributed by atoms with Gasteiger partial charge in [-0.1, -0.05) is 17.7 Å². The van der Waals surface area contributed by atoms with Gasteiger partial charge in [0, 0.05) is 18.3 Å². The molecule has 6 heteroatoms. The molecule has 152 valence electrons. The van der Waals surface area contributed by atoms with Crippen molar-refractivity contribution in [3.63, 3.8) is 0 Å². The van der Waals surface area contributed by atoms with Gasteiger partial charge in [-0.25, -0.2) is 9.67 Å². The summed E-state index contributed by atoms with van der Waals surface area (Å²) in [6.07, 6.45) is 5.31. The number of furan rings is 1. The van der Waals surface area contributed by atoms with E-state index in [2.05, 4.69) is 44.1 Å². The van der Waals surface area contributed by atoms with Crippen LogP contribution in [-0.2, 0) is 6.42 Å². The number of nitrogens with zero attached hydrogens (tertiary/aromatic N) is 4. The summed E-state index contributed by atoms with van der Waals surface area (Å²) in [7, 11) is 0. The van der Waals surface area contributed by atoms with Gasteiger partial charge in [-0.3, -0.25) is 4.79 Å². The molecule has 3 aromatic heterocycles. The lowest BCUT2D eigenvalue weighted by atomic mass is 9.98. The van der Waals surface area contributed by atoms with E-state index < -0.39 is 0 Å². The molecule has 1 aliphatic heterocycles. The first-order valence-electron chi connectivity index (χ1n) is 10.4. The highest BCUT2D eigenvalue weighted by atomic mass is 16.3. The van der Waals surface area contributed by atoms with Crippen molar-refractivity contribution in [2.24, 2.45) is 0 Å². The summed E-state index contributed by atoms with van der Waals surface area (Å²) >= 11 is 0. The van der Waals surface area contributed by atoms with E-state index in [1.165, 1.54) is 11.1 Å². The normalized spacial score (nSPS) is 13.8. The first-order valence-corrected chi connectivity index (χ1v) is 10.4. The summed E-state index contributed by atoms with van der Waals surface area (Å²) in [6.45, 7) is 6.90. The lowest BCUT2D eigenvalue weighted by molar-refractivity contribution is 0.0986. The third-order valence-electron chi connectivity index (χ3n) is 5.66. The first kappa shape index (κ1) is 18.6. The molecule has 4 heterocycles. The van der Waals surface area contributed by atoms with Crippen molar-refractivity contribution in [2.45, 2.75) is 39.7 Å². The molecule has 0 fully saturated rings. The van der Waals surface area contributed by atoms with Gasteiger partial charge >= 0.3 is 0 Å². The maximum absolute atomic E-state index is 13.8. The molecular weight excluding hydrogens is 376 g/mol. The van der Waals surface area contributed by atoms with Gasteiger partial charge < -0.3 is 9.32 Å². The molecule has 5 rings (SSSR count). The topological polar surface area (TPSA) is 64.2 Å². The monoisotopic (exact) mass is 400 g/mol. The lowest BCUT2D eigenvalue weighted by Gasteiger charge is -2.30. The number of rotatable bonds is 3. The highest BCUT2D eigenvalue weighted by Crippen LogP contribution is 2.32. The minimum atomic E-state index is -0.0247. The summed E-state index contributed by atoms with van der Waals surface area (Å²) in [4.78, 5) is 20.5. The van der Waals surface area contributed by atoms with E-state index in [4.69, 9.17) is 9.40 Å². The third-order valence-corrected chi connectivity index (χ3v) is 5.66. The Balaban J connectivity index is 1.68. The van der Waals surface area contributed by atoms with Crippen molar-refractivity contribution in [3.05, 3.63) is 65.5 Å². The zero-order valence-corrected chi connectivity index (χ0v) is 17.4. The second kappa shape index (κ2) is 7.13. The second-order valence-electron chi connectivity index (χ2n) is 8.15. The minimum absolute atomic E-state index is 0.0247. The van der Waals surface area contributed by atoms with Crippen LogP contribution in [0, 0.1) is 6.92 Å². The standard InChI is InChI=1S/C24H24N4O2/c1-15(2)28-23-19(14-25-28)18(13-20(26-23)22-7-5-11-30-22)24(29)27-10-4-6-17-12-16(3)8-9-21(17)27/h5,7-9,11-15H,4,6,10H2,1-3H3. The molecule has 0 N–H and O–H groups in total. The first-order chi connectivity index (χ1) is 14.5. The molecule has 0 aliphatic carbocycles. The molecule has 0 saturated carbocycles. The number of aromatic nitrogens is 3. The number of fused-ring (bicyclic) bond motifs is 2. The van der Waals surface area contributed by atoms with Gasteiger partial charge in [-0.2, -0.15) is 5.10 Å². The van der Waals surface area contributed by atoms with E-state index in [1.54, 1.807) is 12.5 Å². The van der Waals surface area contributed by atoms with Crippen molar-refractivity contribution in [1.82, 2.24) is 14.8 Å². The summed E-state index contributed by atoms with van der Waals surface area (Å²) in [5, 5.41) is 5.28. The van der Waals surface area contributed by atoms with Crippen LogP contribution in [0.5, 0.6) is 0 Å². The number of anilines is 1. The Kier molecular flexibility index (Phi) is 4.42.